The Bertz CT molecular complexity index is 951. The monoisotopic (exact) mass is 439 g/mol. The van der Waals surface area contributed by atoms with Crippen LogP contribution in [-0.2, 0) is 17.1 Å². The molecule has 0 saturated carbocycles. The lowest BCUT2D eigenvalue weighted by Gasteiger charge is -2.35. The molecule has 11 heteroatoms. The third-order valence-electron chi connectivity index (χ3n) is 5.58. The Hall–Kier alpha value is -1.75. The largest absolute Gasteiger partial charge is 0.351 e. The molecule has 0 aliphatic carbocycles. The van der Waals surface area contributed by atoms with Gasteiger partial charge in [0.15, 0.2) is 0 Å². The number of hydrogen-bond acceptors (Lipinski definition) is 7. The Morgan fingerprint density at radius 1 is 1.17 bits per heavy atom. The molecule has 0 unspecified atom stereocenters. The molecule has 0 bridgehead atoms. The number of sulfonamides is 1. The van der Waals surface area contributed by atoms with Crippen LogP contribution in [0.1, 0.15) is 25.7 Å². The predicted molar refractivity (Wildman–Crippen MR) is 112 cm³/mol. The summed E-state index contributed by atoms with van der Waals surface area (Å²) >= 11 is 6.26. The molecular weight excluding hydrogens is 414 g/mol. The van der Waals surface area contributed by atoms with Crippen molar-refractivity contribution >= 4 is 27.6 Å². The quantitative estimate of drug-likeness (QED) is 0.727. The highest BCUT2D eigenvalue weighted by molar-refractivity contribution is 7.89. The molecule has 158 valence electrons. The zero-order valence-electron chi connectivity index (χ0n) is 16.4. The molecular formula is C18H26ClN7O2S. The molecule has 2 aliphatic rings. The van der Waals surface area contributed by atoms with Crippen molar-refractivity contribution in [1.29, 1.82) is 0 Å². The zero-order valence-corrected chi connectivity index (χ0v) is 18.0. The number of aryl methyl sites for hydroxylation is 1. The molecule has 29 heavy (non-hydrogen) atoms. The molecule has 2 aromatic rings. The van der Waals surface area contributed by atoms with Crippen LogP contribution in [0.25, 0.3) is 11.3 Å². The van der Waals surface area contributed by atoms with Crippen molar-refractivity contribution in [3.05, 3.63) is 23.6 Å². The number of aromatic nitrogens is 4. The van der Waals surface area contributed by atoms with E-state index < -0.39 is 10.0 Å². The van der Waals surface area contributed by atoms with Gasteiger partial charge < -0.3 is 10.6 Å². The fourth-order valence-corrected chi connectivity index (χ4v) is 6.10. The highest BCUT2D eigenvalue weighted by atomic mass is 35.5. The summed E-state index contributed by atoms with van der Waals surface area (Å²) in [6.45, 7) is 2.59. The van der Waals surface area contributed by atoms with Crippen LogP contribution in [0, 0.1) is 0 Å². The molecule has 2 saturated heterocycles. The van der Waals surface area contributed by atoms with Crippen molar-refractivity contribution in [1.82, 2.24) is 29.4 Å². The second kappa shape index (κ2) is 8.55. The lowest BCUT2D eigenvalue weighted by molar-refractivity contribution is 0.320. The van der Waals surface area contributed by atoms with Crippen molar-refractivity contribution in [3.8, 4) is 11.3 Å². The van der Waals surface area contributed by atoms with Crippen LogP contribution in [0.2, 0.25) is 5.02 Å². The number of nitrogens with one attached hydrogen (secondary N) is 2. The number of halogens is 1. The average molecular weight is 440 g/mol. The smallest absolute Gasteiger partial charge is 0.223 e. The van der Waals surface area contributed by atoms with Crippen LogP contribution in [0.4, 0.5) is 5.95 Å². The molecule has 2 fully saturated rings. The SMILES string of the molecule is Cn1cc(-c2nc(NC3CCN(S(=O)(=O)C4CCNCC4)CC3)ncc2Cl)cn1. The van der Waals surface area contributed by atoms with E-state index in [0.29, 0.717) is 42.6 Å². The average Bonchev–Trinajstić information content (AvgIpc) is 3.16. The lowest BCUT2D eigenvalue weighted by Crippen LogP contribution is -2.48. The minimum absolute atomic E-state index is 0.123. The van der Waals surface area contributed by atoms with E-state index in [1.807, 2.05) is 13.2 Å². The summed E-state index contributed by atoms with van der Waals surface area (Å²) in [7, 11) is -1.38. The van der Waals surface area contributed by atoms with Gasteiger partial charge in [0.2, 0.25) is 16.0 Å². The molecule has 0 aromatic carbocycles. The summed E-state index contributed by atoms with van der Waals surface area (Å²) in [6, 6.07) is 0.123. The Kier molecular flexibility index (Phi) is 6.05. The Balaban J connectivity index is 1.39. The first-order valence-electron chi connectivity index (χ1n) is 9.91. The summed E-state index contributed by atoms with van der Waals surface area (Å²) in [6.07, 6.45) is 7.96. The predicted octanol–water partition coefficient (Wildman–Crippen LogP) is 1.49. The Morgan fingerprint density at radius 2 is 1.90 bits per heavy atom. The number of nitrogens with zero attached hydrogens (tertiary/aromatic N) is 5. The van der Waals surface area contributed by atoms with Gasteiger partial charge in [-0.25, -0.2) is 22.7 Å². The van der Waals surface area contributed by atoms with Crippen molar-refractivity contribution in [2.75, 3.05) is 31.5 Å². The van der Waals surface area contributed by atoms with Crippen molar-refractivity contribution in [2.45, 2.75) is 37.0 Å². The molecule has 2 N–H and O–H groups in total. The van der Waals surface area contributed by atoms with E-state index in [1.165, 1.54) is 0 Å². The summed E-state index contributed by atoms with van der Waals surface area (Å²) in [5.41, 5.74) is 1.45. The highest BCUT2D eigenvalue weighted by Crippen LogP contribution is 2.27. The maximum atomic E-state index is 12.9. The van der Waals surface area contributed by atoms with Gasteiger partial charge in [-0.05, 0) is 38.8 Å². The van der Waals surface area contributed by atoms with Crippen molar-refractivity contribution < 1.29 is 8.42 Å². The van der Waals surface area contributed by atoms with E-state index in [0.717, 1.165) is 31.5 Å². The molecule has 0 atom stereocenters. The van der Waals surface area contributed by atoms with Crippen molar-refractivity contribution in [3.63, 3.8) is 0 Å². The normalized spacial score (nSPS) is 20.1. The van der Waals surface area contributed by atoms with E-state index in [2.05, 4.69) is 25.7 Å². The molecule has 4 rings (SSSR count). The highest BCUT2D eigenvalue weighted by Gasteiger charge is 2.35. The molecule has 4 heterocycles. The van der Waals surface area contributed by atoms with Gasteiger partial charge in [-0.1, -0.05) is 11.6 Å². The van der Waals surface area contributed by atoms with E-state index in [-0.39, 0.29) is 11.3 Å². The number of anilines is 1. The molecule has 2 aromatic heterocycles. The third-order valence-corrected chi connectivity index (χ3v) is 8.25. The van der Waals surface area contributed by atoms with Gasteiger partial charge in [0.1, 0.15) is 0 Å². The van der Waals surface area contributed by atoms with Crippen LogP contribution in [0.3, 0.4) is 0 Å². The molecule has 0 radical (unpaired) electrons. The molecule has 2 aliphatic heterocycles. The van der Waals surface area contributed by atoms with Gasteiger partial charge in [0.25, 0.3) is 0 Å². The summed E-state index contributed by atoms with van der Waals surface area (Å²) in [5, 5.41) is 10.9. The third kappa shape index (κ3) is 4.55. The first kappa shape index (κ1) is 20.5. The Labute approximate surface area is 175 Å². The van der Waals surface area contributed by atoms with Gasteiger partial charge >= 0.3 is 0 Å². The number of hydrogen-bond donors (Lipinski definition) is 2. The second-order valence-corrected chi connectivity index (χ2v) is 10.2. The first-order chi connectivity index (χ1) is 13.9. The van der Waals surface area contributed by atoms with Gasteiger partial charge in [0, 0.05) is 37.9 Å². The van der Waals surface area contributed by atoms with Gasteiger partial charge in [0.05, 0.1) is 28.4 Å². The van der Waals surface area contributed by atoms with Gasteiger partial charge in [-0.2, -0.15) is 5.10 Å². The lowest BCUT2D eigenvalue weighted by atomic mass is 10.1. The fraction of sp³-hybridized carbons (Fsp3) is 0.611. The molecule has 0 amide bonds. The zero-order chi connectivity index (χ0) is 20.4. The van der Waals surface area contributed by atoms with Crippen LogP contribution < -0.4 is 10.6 Å². The van der Waals surface area contributed by atoms with Crippen LogP contribution in [-0.4, -0.2) is 69.9 Å². The van der Waals surface area contributed by atoms with E-state index >= 15 is 0 Å². The van der Waals surface area contributed by atoms with E-state index in [9.17, 15) is 8.42 Å². The minimum atomic E-state index is -3.22. The fourth-order valence-electron chi connectivity index (χ4n) is 3.92. The Morgan fingerprint density at radius 3 is 2.55 bits per heavy atom. The van der Waals surface area contributed by atoms with E-state index in [4.69, 9.17) is 11.6 Å². The number of piperidine rings is 2. The first-order valence-corrected chi connectivity index (χ1v) is 11.8. The number of rotatable bonds is 5. The topological polar surface area (TPSA) is 105 Å². The van der Waals surface area contributed by atoms with Crippen LogP contribution in [0.5, 0.6) is 0 Å². The van der Waals surface area contributed by atoms with Gasteiger partial charge in [-0.15, -0.1) is 0 Å². The summed E-state index contributed by atoms with van der Waals surface area (Å²) in [5.74, 6) is 0.493. The summed E-state index contributed by atoms with van der Waals surface area (Å²) in [4.78, 5) is 8.83. The van der Waals surface area contributed by atoms with Crippen molar-refractivity contribution in [2.24, 2.45) is 7.05 Å². The molecule has 9 nitrogen and oxygen atoms in total. The maximum absolute atomic E-state index is 12.9. The van der Waals surface area contributed by atoms with E-state index in [1.54, 1.807) is 21.4 Å². The van der Waals surface area contributed by atoms with Gasteiger partial charge in [-0.3, -0.25) is 4.68 Å². The molecule has 0 spiro atoms. The van der Waals surface area contributed by atoms with Crippen LogP contribution in [0.15, 0.2) is 18.6 Å². The minimum Gasteiger partial charge on any atom is -0.351 e. The standard InChI is InChI=1S/C18H26ClN7O2S/c1-25-12-13(10-22-25)17-16(19)11-21-18(24-17)23-14-4-8-26(9-5-14)29(27,28)15-2-6-20-7-3-15/h10-12,14-15,20H,2-9H2,1H3,(H,21,23,24). The summed E-state index contributed by atoms with van der Waals surface area (Å²) < 4.78 is 29.1. The second-order valence-electron chi connectivity index (χ2n) is 7.60. The maximum Gasteiger partial charge on any atom is 0.223 e. The van der Waals surface area contributed by atoms with Crippen LogP contribution >= 0.6 is 11.6 Å².